The van der Waals surface area contributed by atoms with E-state index in [4.69, 9.17) is 4.74 Å². The molecule has 0 bridgehead atoms. The lowest BCUT2D eigenvalue weighted by Crippen LogP contribution is -2.29. The SMILES string of the molecule is COc1ccc(N2C(=O)C(=O)/C(=C(\O)c3ccc(C)c(C)c3)C2c2ccccn2)cc1. The number of Topliss-reactive ketones (excluding diaryl/α,β-unsaturated/α-hetero) is 1. The molecule has 3 aromatic rings. The lowest BCUT2D eigenvalue weighted by molar-refractivity contribution is -0.132. The summed E-state index contributed by atoms with van der Waals surface area (Å²) in [5, 5.41) is 11.1. The van der Waals surface area contributed by atoms with E-state index < -0.39 is 17.7 Å². The number of benzene rings is 2. The molecule has 1 atom stereocenters. The first kappa shape index (κ1) is 20.3. The number of hydrogen-bond acceptors (Lipinski definition) is 5. The van der Waals surface area contributed by atoms with Crippen LogP contribution in [0.5, 0.6) is 5.75 Å². The molecule has 1 N–H and O–H groups in total. The number of hydrogen-bond donors (Lipinski definition) is 1. The number of nitrogens with zero attached hydrogens (tertiary/aromatic N) is 2. The van der Waals surface area contributed by atoms with Crippen LogP contribution in [0.2, 0.25) is 0 Å². The maximum Gasteiger partial charge on any atom is 0.300 e. The number of anilines is 1. The van der Waals surface area contributed by atoms with Gasteiger partial charge in [0.1, 0.15) is 17.6 Å². The second-order valence-corrected chi connectivity index (χ2v) is 7.42. The highest BCUT2D eigenvalue weighted by atomic mass is 16.5. The lowest BCUT2D eigenvalue weighted by atomic mass is 9.96. The Hall–Kier alpha value is -3.93. The Balaban J connectivity index is 1.92. The van der Waals surface area contributed by atoms with Gasteiger partial charge in [-0.25, -0.2) is 0 Å². The van der Waals surface area contributed by atoms with Crippen molar-refractivity contribution in [2.45, 2.75) is 19.9 Å². The van der Waals surface area contributed by atoms with Crippen LogP contribution < -0.4 is 9.64 Å². The molecule has 4 rings (SSSR count). The van der Waals surface area contributed by atoms with Crippen molar-refractivity contribution in [2.75, 3.05) is 12.0 Å². The third kappa shape index (κ3) is 3.57. The normalized spacial score (nSPS) is 17.8. The molecule has 2 heterocycles. The van der Waals surface area contributed by atoms with E-state index in [1.54, 1.807) is 67.9 Å². The number of pyridine rings is 1. The summed E-state index contributed by atoms with van der Waals surface area (Å²) in [7, 11) is 1.55. The Kier molecular flexibility index (Phi) is 5.29. The standard InChI is InChI=1S/C25H22N2O4/c1-15-7-8-17(14-16(15)2)23(28)21-22(20-6-4-5-13-26-20)27(25(30)24(21)29)18-9-11-19(31-3)12-10-18/h4-14,22,28H,1-3H3/b23-21-. The summed E-state index contributed by atoms with van der Waals surface area (Å²) in [5.41, 5.74) is 3.54. The van der Waals surface area contributed by atoms with Crippen molar-refractivity contribution in [2.24, 2.45) is 0 Å². The summed E-state index contributed by atoms with van der Waals surface area (Å²) in [6, 6.07) is 16.7. The average molecular weight is 414 g/mol. The quantitative estimate of drug-likeness (QED) is 0.390. The molecule has 0 aliphatic carbocycles. The molecule has 1 amide bonds. The minimum Gasteiger partial charge on any atom is -0.507 e. The topological polar surface area (TPSA) is 79.7 Å². The summed E-state index contributed by atoms with van der Waals surface area (Å²) in [6.07, 6.45) is 1.60. The van der Waals surface area contributed by atoms with Crippen molar-refractivity contribution >= 4 is 23.1 Å². The van der Waals surface area contributed by atoms with Gasteiger partial charge in [0, 0.05) is 17.4 Å². The minimum absolute atomic E-state index is 0.0165. The fraction of sp³-hybridized carbons (Fsp3) is 0.160. The summed E-state index contributed by atoms with van der Waals surface area (Å²) in [4.78, 5) is 31.9. The zero-order chi connectivity index (χ0) is 22.1. The summed E-state index contributed by atoms with van der Waals surface area (Å²) in [6.45, 7) is 3.90. The number of aliphatic hydroxyl groups is 1. The maximum absolute atomic E-state index is 13.1. The number of aryl methyl sites for hydroxylation is 2. The molecule has 0 radical (unpaired) electrons. The van der Waals surface area contributed by atoms with Crippen molar-refractivity contribution in [3.63, 3.8) is 0 Å². The molecule has 1 fully saturated rings. The first-order valence-electron chi connectivity index (χ1n) is 9.86. The molecule has 1 aromatic heterocycles. The van der Waals surface area contributed by atoms with Gasteiger partial charge in [0.2, 0.25) is 0 Å². The highest BCUT2D eigenvalue weighted by Gasteiger charge is 2.47. The lowest BCUT2D eigenvalue weighted by Gasteiger charge is -2.24. The highest BCUT2D eigenvalue weighted by molar-refractivity contribution is 6.51. The van der Waals surface area contributed by atoms with E-state index in [0.717, 1.165) is 11.1 Å². The maximum atomic E-state index is 13.1. The van der Waals surface area contributed by atoms with E-state index in [-0.39, 0.29) is 11.3 Å². The van der Waals surface area contributed by atoms with Crippen molar-refractivity contribution in [3.8, 4) is 5.75 Å². The predicted molar refractivity (Wildman–Crippen MR) is 118 cm³/mol. The number of ether oxygens (including phenoxy) is 1. The fourth-order valence-corrected chi connectivity index (χ4v) is 3.70. The van der Waals surface area contributed by atoms with Gasteiger partial charge in [-0.2, -0.15) is 0 Å². The molecule has 0 saturated carbocycles. The molecular weight excluding hydrogens is 392 g/mol. The van der Waals surface area contributed by atoms with E-state index in [2.05, 4.69) is 4.98 Å². The smallest absolute Gasteiger partial charge is 0.300 e. The predicted octanol–water partition coefficient (Wildman–Crippen LogP) is 4.33. The van der Waals surface area contributed by atoms with Gasteiger partial charge in [-0.05, 0) is 67.4 Å². The Morgan fingerprint density at radius 3 is 2.35 bits per heavy atom. The van der Waals surface area contributed by atoms with Crippen LogP contribution in [0.3, 0.4) is 0 Å². The number of aromatic nitrogens is 1. The first-order chi connectivity index (χ1) is 14.9. The monoisotopic (exact) mass is 414 g/mol. The number of carbonyl (C=O) groups is 2. The Bertz CT molecular complexity index is 1180. The van der Waals surface area contributed by atoms with Crippen LogP contribution in [0.1, 0.15) is 28.4 Å². The van der Waals surface area contributed by atoms with Crippen molar-refractivity contribution in [1.82, 2.24) is 4.98 Å². The van der Waals surface area contributed by atoms with Gasteiger partial charge in [0.15, 0.2) is 0 Å². The van der Waals surface area contributed by atoms with Gasteiger partial charge in [0.25, 0.3) is 11.7 Å². The van der Waals surface area contributed by atoms with E-state index in [9.17, 15) is 14.7 Å². The van der Waals surface area contributed by atoms with Crippen LogP contribution in [0, 0.1) is 13.8 Å². The fourth-order valence-electron chi connectivity index (χ4n) is 3.70. The second kappa shape index (κ2) is 8.07. The van der Waals surface area contributed by atoms with Crippen LogP contribution in [-0.4, -0.2) is 28.9 Å². The summed E-state index contributed by atoms with van der Waals surface area (Å²) >= 11 is 0. The number of rotatable bonds is 4. The zero-order valence-corrected chi connectivity index (χ0v) is 17.5. The number of ketones is 1. The summed E-state index contributed by atoms with van der Waals surface area (Å²) < 4.78 is 5.20. The number of methoxy groups -OCH3 is 1. The third-order valence-corrected chi connectivity index (χ3v) is 5.54. The minimum atomic E-state index is -0.851. The van der Waals surface area contributed by atoms with Crippen molar-refractivity contribution in [1.29, 1.82) is 0 Å². The third-order valence-electron chi connectivity index (χ3n) is 5.54. The Labute approximate surface area is 180 Å². The van der Waals surface area contributed by atoms with E-state index >= 15 is 0 Å². The molecule has 6 nitrogen and oxygen atoms in total. The molecule has 31 heavy (non-hydrogen) atoms. The molecule has 2 aromatic carbocycles. The zero-order valence-electron chi connectivity index (χ0n) is 17.5. The molecule has 1 aliphatic rings. The number of aliphatic hydroxyl groups excluding tert-OH is 1. The molecule has 0 spiro atoms. The summed E-state index contributed by atoms with van der Waals surface area (Å²) in [5.74, 6) is -1.05. The van der Waals surface area contributed by atoms with E-state index in [0.29, 0.717) is 22.7 Å². The van der Waals surface area contributed by atoms with Crippen LogP contribution in [0.25, 0.3) is 5.76 Å². The van der Waals surface area contributed by atoms with Crippen molar-refractivity contribution < 1.29 is 19.4 Å². The Morgan fingerprint density at radius 2 is 1.74 bits per heavy atom. The highest BCUT2D eigenvalue weighted by Crippen LogP contribution is 2.41. The number of amides is 1. The second-order valence-electron chi connectivity index (χ2n) is 7.42. The van der Waals surface area contributed by atoms with Gasteiger partial charge < -0.3 is 9.84 Å². The average Bonchev–Trinajstić information content (AvgIpc) is 3.06. The number of carbonyl (C=O) groups excluding carboxylic acids is 2. The van der Waals surface area contributed by atoms with Gasteiger partial charge >= 0.3 is 0 Å². The van der Waals surface area contributed by atoms with Crippen LogP contribution in [-0.2, 0) is 9.59 Å². The Morgan fingerprint density at radius 1 is 1.00 bits per heavy atom. The van der Waals surface area contributed by atoms with Gasteiger partial charge in [-0.15, -0.1) is 0 Å². The molecule has 156 valence electrons. The molecular formula is C25H22N2O4. The van der Waals surface area contributed by atoms with Crippen molar-refractivity contribution in [3.05, 3.63) is 94.8 Å². The van der Waals surface area contributed by atoms with Crippen LogP contribution in [0.4, 0.5) is 5.69 Å². The molecule has 6 heteroatoms. The van der Waals surface area contributed by atoms with Crippen LogP contribution >= 0.6 is 0 Å². The van der Waals surface area contributed by atoms with Gasteiger partial charge in [0.05, 0.1) is 18.4 Å². The molecule has 1 unspecified atom stereocenters. The van der Waals surface area contributed by atoms with E-state index in [1.165, 1.54) is 4.90 Å². The largest absolute Gasteiger partial charge is 0.507 e. The molecule has 1 saturated heterocycles. The van der Waals surface area contributed by atoms with E-state index in [1.807, 2.05) is 19.9 Å². The first-order valence-corrected chi connectivity index (χ1v) is 9.86. The molecule has 1 aliphatic heterocycles. The van der Waals surface area contributed by atoms with Crippen LogP contribution in [0.15, 0.2) is 72.4 Å². The van der Waals surface area contributed by atoms with Gasteiger partial charge in [-0.3, -0.25) is 19.5 Å². The van der Waals surface area contributed by atoms with Gasteiger partial charge in [-0.1, -0.05) is 18.2 Å².